The maximum Gasteiger partial charge on any atom is 0.285 e. The summed E-state index contributed by atoms with van der Waals surface area (Å²) in [6.45, 7) is 4.05. The number of thioether (sulfide) groups is 1. The lowest BCUT2D eigenvalue weighted by molar-refractivity contribution is -0.123. The molecule has 5 nitrogen and oxygen atoms in total. The number of hydrogen-bond donors (Lipinski definition) is 1. The van der Waals surface area contributed by atoms with Crippen LogP contribution in [0.2, 0.25) is 0 Å². The first-order valence-corrected chi connectivity index (χ1v) is 10.9. The van der Waals surface area contributed by atoms with Crippen molar-refractivity contribution in [2.24, 2.45) is 0 Å². The highest BCUT2D eigenvalue weighted by Gasteiger charge is 2.34. The van der Waals surface area contributed by atoms with Crippen molar-refractivity contribution in [2.75, 3.05) is 0 Å². The van der Waals surface area contributed by atoms with Gasteiger partial charge in [-0.1, -0.05) is 36.0 Å². The Labute approximate surface area is 182 Å². The zero-order valence-corrected chi connectivity index (χ0v) is 18.2. The number of rotatable bonds is 4. The molecule has 4 rings (SSSR count). The predicted octanol–water partition coefficient (Wildman–Crippen LogP) is 4.70. The van der Waals surface area contributed by atoms with E-state index in [0.29, 0.717) is 14.1 Å². The van der Waals surface area contributed by atoms with Crippen LogP contribution >= 0.6 is 35.3 Å². The Kier molecular flexibility index (Phi) is 5.40. The SMILES string of the molecule is Cc1cc(/C=C2/SC(=S)N(NC(=O)c3cccs3)C2=O)c(C)n1-c1ccccc1. The van der Waals surface area contributed by atoms with Crippen LogP contribution in [0.3, 0.4) is 0 Å². The lowest BCUT2D eigenvalue weighted by Crippen LogP contribution is -2.44. The molecular weight excluding hydrogens is 422 g/mol. The standard InChI is InChI=1S/C21H17N3O2S3/c1-13-11-15(14(2)23(13)16-7-4-3-5-8-16)12-18-20(26)24(21(27)29-18)22-19(25)17-9-6-10-28-17/h3-12H,1-2H3,(H,22,25)/b18-12+. The molecule has 1 saturated heterocycles. The average molecular weight is 440 g/mol. The van der Waals surface area contributed by atoms with E-state index < -0.39 is 0 Å². The van der Waals surface area contributed by atoms with Crippen LogP contribution in [-0.4, -0.2) is 25.7 Å². The Morgan fingerprint density at radius 3 is 2.59 bits per heavy atom. The Morgan fingerprint density at radius 2 is 1.90 bits per heavy atom. The van der Waals surface area contributed by atoms with E-state index in [-0.39, 0.29) is 11.8 Å². The first-order chi connectivity index (χ1) is 14.0. The van der Waals surface area contributed by atoms with Crippen molar-refractivity contribution in [1.82, 2.24) is 15.0 Å². The van der Waals surface area contributed by atoms with E-state index in [1.165, 1.54) is 23.1 Å². The normalized spacial score (nSPS) is 15.4. The molecule has 146 valence electrons. The number of thiophene rings is 1. The fourth-order valence-corrected chi connectivity index (χ4v) is 4.96. The van der Waals surface area contributed by atoms with E-state index in [1.54, 1.807) is 12.1 Å². The highest BCUT2D eigenvalue weighted by atomic mass is 32.2. The number of nitrogens with one attached hydrogen (secondary N) is 1. The van der Waals surface area contributed by atoms with Crippen molar-refractivity contribution in [2.45, 2.75) is 13.8 Å². The summed E-state index contributed by atoms with van der Waals surface area (Å²) in [5, 5.41) is 2.95. The van der Waals surface area contributed by atoms with Crippen molar-refractivity contribution in [3.63, 3.8) is 0 Å². The second kappa shape index (κ2) is 7.98. The quantitative estimate of drug-likeness (QED) is 0.473. The summed E-state index contributed by atoms with van der Waals surface area (Å²) < 4.78 is 2.45. The molecule has 3 heterocycles. The monoisotopic (exact) mass is 439 g/mol. The highest BCUT2D eigenvalue weighted by molar-refractivity contribution is 8.26. The summed E-state index contributed by atoms with van der Waals surface area (Å²) >= 11 is 7.80. The first kappa shape index (κ1) is 19.6. The topological polar surface area (TPSA) is 54.3 Å². The van der Waals surface area contributed by atoms with Gasteiger partial charge in [-0.15, -0.1) is 11.3 Å². The molecule has 2 aromatic heterocycles. The van der Waals surface area contributed by atoms with Gasteiger partial charge in [0.05, 0.1) is 9.78 Å². The highest BCUT2D eigenvalue weighted by Crippen LogP contribution is 2.33. The van der Waals surface area contributed by atoms with Gasteiger partial charge in [0.25, 0.3) is 11.8 Å². The molecule has 0 spiro atoms. The van der Waals surface area contributed by atoms with Gasteiger partial charge in [0.15, 0.2) is 4.32 Å². The van der Waals surface area contributed by atoms with Gasteiger partial charge in [-0.2, -0.15) is 5.01 Å². The molecule has 0 saturated carbocycles. The number of carbonyl (C=O) groups is 2. The summed E-state index contributed by atoms with van der Waals surface area (Å²) in [7, 11) is 0. The molecule has 1 aliphatic heterocycles. The van der Waals surface area contributed by atoms with E-state index in [2.05, 4.69) is 9.99 Å². The molecule has 29 heavy (non-hydrogen) atoms. The molecule has 1 N–H and O–H groups in total. The zero-order valence-electron chi connectivity index (χ0n) is 15.7. The average Bonchev–Trinajstić information content (AvgIpc) is 3.40. The molecule has 2 amide bonds. The van der Waals surface area contributed by atoms with Gasteiger partial charge in [-0.05, 0) is 67.4 Å². The van der Waals surface area contributed by atoms with Gasteiger partial charge in [-0.25, -0.2) is 0 Å². The van der Waals surface area contributed by atoms with Gasteiger partial charge < -0.3 is 4.57 Å². The second-order valence-electron chi connectivity index (χ2n) is 6.43. The van der Waals surface area contributed by atoms with Crippen molar-refractivity contribution in [1.29, 1.82) is 0 Å². The molecule has 0 bridgehead atoms. The maximum absolute atomic E-state index is 12.8. The minimum Gasteiger partial charge on any atom is -0.318 e. The van der Waals surface area contributed by atoms with E-state index in [4.69, 9.17) is 12.2 Å². The Balaban J connectivity index is 1.60. The lowest BCUT2D eigenvalue weighted by Gasteiger charge is -2.14. The van der Waals surface area contributed by atoms with Crippen LogP contribution in [0.5, 0.6) is 0 Å². The number of para-hydroxylation sites is 1. The van der Waals surface area contributed by atoms with Gasteiger partial charge in [0.1, 0.15) is 0 Å². The molecule has 0 atom stereocenters. The van der Waals surface area contributed by atoms with Crippen molar-refractivity contribution < 1.29 is 9.59 Å². The summed E-state index contributed by atoms with van der Waals surface area (Å²) in [4.78, 5) is 26.1. The molecule has 1 aromatic carbocycles. The van der Waals surface area contributed by atoms with Gasteiger partial charge in [0, 0.05) is 17.1 Å². The summed E-state index contributed by atoms with van der Waals surface area (Å²) in [6, 6.07) is 15.6. The number of amides is 2. The number of hydrogen-bond acceptors (Lipinski definition) is 5. The largest absolute Gasteiger partial charge is 0.318 e. The van der Waals surface area contributed by atoms with Gasteiger partial charge >= 0.3 is 0 Å². The Morgan fingerprint density at radius 1 is 1.14 bits per heavy atom. The number of hydrazine groups is 1. The molecule has 3 aromatic rings. The Bertz CT molecular complexity index is 1130. The van der Waals surface area contributed by atoms with Crippen LogP contribution in [0, 0.1) is 13.8 Å². The van der Waals surface area contributed by atoms with Crippen molar-refractivity contribution in [3.05, 3.63) is 80.6 Å². The third-order valence-electron chi connectivity index (χ3n) is 4.52. The number of thiocarbonyl (C=S) groups is 1. The number of carbonyl (C=O) groups excluding carboxylic acids is 2. The van der Waals surface area contributed by atoms with E-state index >= 15 is 0 Å². The van der Waals surface area contributed by atoms with E-state index in [9.17, 15) is 9.59 Å². The van der Waals surface area contributed by atoms with Crippen LogP contribution in [0.4, 0.5) is 0 Å². The zero-order chi connectivity index (χ0) is 20.5. The van der Waals surface area contributed by atoms with E-state index in [0.717, 1.165) is 27.6 Å². The molecule has 0 radical (unpaired) electrons. The third kappa shape index (κ3) is 3.78. The lowest BCUT2D eigenvalue weighted by atomic mass is 10.2. The predicted molar refractivity (Wildman–Crippen MR) is 122 cm³/mol. The van der Waals surface area contributed by atoms with Crippen molar-refractivity contribution >= 4 is 57.5 Å². The van der Waals surface area contributed by atoms with Gasteiger partial charge in [-0.3, -0.25) is 15.0 Å². The minimum atomic E-state index is -0.347. The van der Waals surface area contributed by atoms with Crippen LogP contribution in [0.1, 0.15) is 26.6 Å². The van der Waals surface area contributed by atoms with Crippen molar-refractivity contribution in [3.8, 4) is 5.69 Å². The fraction of sp³-hybridized carbons (Fsp3) is 0.0952. The molecule has 1 fully saturated rings. The summed E-state index contributed by atoms with van der Waals surface area (Å²) in [6.07, 6.45) is 1.83. The number of aromatic nitrogens is 1. The maximum atomic E-state index is 12.8. The molecule has 0 aliphatic carbocycles. The smallest absolute Gasteiger partial charge is 0.285 e. The van der Waals surface area contributed by atoms with Crippen LogP contribution in [-0.2, 0) is 4.79 Å². The molecule has 0 unspecified atom stereocenters. The fourth-order valence-electron chi connectivity index (χ4n) is 3.18. The Hall–Kier alpha value is -2.68. The van der Waals surface area contributed by atoms with E-state index in [1.807, 2.05) is 61.7 Å². The summed E-state index contributed by atoms with van der Waals surface area (Å²) in [5.41, 5.74) is 6.71. The number of nitrogens with zero attached hydrogens (tertiary/aromatic N) is 2. The van der Waals surface area contributed by atoms with Crippen LogP contribution < -0.4 is 5.43 Å². The van der Waals surface area contributed by atoms with Crippen LogP contribution in [0.25, 0.3) is 11.8 Å². The number of aryl methyl sites for hydroxylation is 1. The number of benzene rings is 1. The minimum absolute atomic E-state index is 0.308. The first-order valence-electron chi connectivity index (χ1n) is 8.82. The summed E-state index contributed by atoms with van der Waals surface area (Å²) in [5.74, 6) is -0.672. The van der Waals surface area contributed by atoms with Crippen LogP contribution in [0.15, 0.2) is 58.8 Å². The molecule has 8 heteroatoms. The van der Waals surface area contributed by atoms with Gasteiger partial charge in [0.2, 0.25) is 0 Å². The molecule has 1 aliphatic rings. The third-order valence-corrected chi connectivity index (χ3v) is 6.69. The molecular formula is C21H17N3O2S3. The second-order valence-corrected chi connectivity index (χ2v) is 9.06.